The Bertz CT molecular complexity index is 355. The lowest BCUT2D eigenvalue weighted by molar-refractivity contribution is -0.146. The first-order chi connectivity index (χ1) is 7.52. The first-order valence-electron chi connectivity index (χ1n) is 5.26. The van der Waals surface area contributed by atoms with Crippen molar-refractivity contribution in [3.8, 4) is 0 Å². The highest BCUT2D eigenvalue weighted by molar-refractivity contribution is 14.1. The number of hydrogen-bond donors (Lipinski definition) is 0. The molecule has 1 rings (SSSR count). The van der Waals surface area contributed by atoms with E-state index in [2.05, 4.69) is 34.7 Å². The summed E-state index contributed by atoms with van der Waals surface area (Å²) in [5.74, 6) is -0.200. The lowest BCUT2D eigenvalue weighted by atomic mass is 9.84. The Morgan fingerprint density at radius 3 is 2.31 bits per heavy atom. The number of ether oxygens (including phenoxy) is 1. The van der Waals surface area contributed by atoms with E-state index in [1.54, 1.807) is 0 Å². The number of methoxy groups -OCH3 is 1. The van der Waals surface area contributed by atoms with Crippen molar-refractivity contribution in [2.75, 3.05) is 11.5 Å². The minimum absolute atomic E-state index is 0.200. The van der Waals surface area contributed by atoms with Crippen LogP contribution in [-0.4, -0.2) is 17.5 Å². The third kappa shape index (κ3) is 2.97. The minimum Gasteiger partial charge on any atom is -0.468 e. The molecular weight excluding hydrogens is 315 g/mol. The van der Waals surface area contributed by atoms with E-state index >= 15 is 0 Å². The molecule has 0 amide bonds. The molecule has 0 spiro atoms. The molecule has 0 aliphatic carbocycles. The zero-order valence-corrected chi connectivity index (χ0v) is 12.1. The van der Waals surface area contributed by atoms with Gasteiger partial charge in [0, 0.05) is 4.43 Å². The zero-order chi connectivity index (χ0) is 12.2. The first-order valence-corrected chi connectivity index (χ1v) is 6.78. The summed E-state index contributed by atoms with van der Waals surface area (Å²) < 4.78 is 5.92. The zero-order valence-electron chi connectivity index (χ0n) is 9.92. The molecule has 0 aromatic heterocycles. The van der Waals surface area contributed by atoms with Gasteiger partial charge in [0.2, 0.25) is 0 Å². The molecule has 1 aromatic carbocycles. The van der Waals surface area contributed by atoms with Gasteiger partial charge in [-0.05, 0) is 31.4 Å². The second-order valence-electron chi connectivity index (χ2n) is 4.25. The number of rotatable bonds is 4. The van der Waals surface area contributed by atoms with Crippen LogP contribution in [0.3, 0.4) is 0 Å². The smallest absolute Gasteiger partial charge is 0.315 e. The van der Waals surface area contributed by atoms with Crippen molar-refractivity contribution < 1.29 is 9.53 Å². The molecule has 88 valence electrons. The van der Waals surface area contributed by atoms with Gasteiger partial charge in [0.15, 0.2) is 0 Å². The predicted molar refractivity (Wildman–Crippen MR) is 74.1 cm³/mol. The predicted octanol–water partition coefficient (Wildman–Crippen LogP) is 3.11. The van der Waals surface area contributed by atoms with Gasteiger partial charge in [-0.1, -0.05) is 46.9 Å². The van der Waals surface area contributed by atoms with Crippen LogP contribution >= 0.6 is 22.6 Å². The van der Waals surface area contributed by atoms with E-state index in [1.807, 2.05) is 26.0 Å². The highest BCUT2D eigenvalue weighted by Crippen LogP contribution is 2.25. The molecular formula is C13H17IO2. The van der Waals surface area contributed by atoms with Crippen molar-refractivity contribution >= 4 is 28.6 Å². The van der Waals surface area contributed by atoms with Crippen LogP contribution in [0.15, 0.2) is 24.3 Å². The van der Waals surface area contributed by atoms with Gasteiger partial charge in [-0.3, -0.25) is 4.79 Å². The van der Waals surface area contributed by atoms with E-state index < -0.39 is 5.41 Å². The summed E-state index contributed by atoms with van der Waals surface area (Å²) in [5, 5.41) is 0. The topological polar surface area (TPSA) is 26.3 Å². The van der Waals surface area contributed by atoms with Crippen molar-refractivity contribution in [3.05, 3.63) is 35.4 Å². The largest absolute Gasteiger partial charge is 0.468 e. The second kappa shape index (κ2) is 5.66. The van der Waals surface area contributed by atoms with Crippen LogP contribution in [-0.2, 0) is 21.4 Å². The molecule has 16 heavy (non-hydrogen) atoms. The van der Waals surface area contributed by atoms with E-state index in [9.17, 15) is 4.79 Å². The molecule has 0 bridgehead atoms. The molecule has 1 aromatic rings. The summed E-state index contributed by atoms with van der Waals surface area (Å²) >= 11 is 2.36. The van der Waals surface area contributed by atoms with E-state index in [4.69, 9.17) is 4.74 Å². The average molecular weight is 332 g/mol. The Morgan fingerprint density at radius 1 is 1.31 bits per heavy atom. The standard InChI is InChI=1S/C13H17IO2/c1-13(2,12(15)16-3)11-6-4-10(5-7-11)8-9-14/h4-7H,8-9H2,1-3H3. The Labute approximate surface area is 111 Å². The van der Waals surface area contributed by atoms with Gasteiger partial charge in [0.25, 0.3) is 0 Å². The van der Waals surface area contributed by atoms with Crippen LogP contribution < -0.4 is 0 Å². The maximum atomic E-state index is 11.6. The van der Waals surface area contributed by atoms with Gasteiger partial charge in [-0.15, -0.1) is 0 Å². The van der Waals surface area contributed by atoms with Crippen molar-refractivity contribution in [2.24, 2.45) is 0 Å². The molecule has 0 fully saturated rings. The number of carbonyl (C=O) groups is 1. The number of carbonyl (C=O) groups excluding carboxylic acids is 1. The first kappa shape index (κ1) is 13.5. The second-order valence-corrected chi connectivity index (χ2v) is 5.33. The summed E-state index contributed by atoms with van der Waals surface area (Å²) in [6.45, 7) is 3.76. The molecule has 0 atom stereocenters. The van der Waals surface area contributed by atoms with Gasteiger partial charge < -0.3 is 4.74 Å². The fourth-order valence-corrected chi connectivity index (χ4v) is 2.19. The van der Waals surface area contributed by atoms with Crippen LogP contribution in [0.5, 0.6) is 0 Å². The Morgan fingerprint density at radius 2 is 1.88 bits per heavy atom. The van der Waals surface area contributed by atoms with Gasteiger partial charge >= 0.3 is 5.97 Å². The van der Waals surface area contributed by atoms with Gasteiger partial charge in [-0.25, -0.2) is 0 Å². The Balaban J connectivity index is 2.92. The average Bonchev–Trinajstić information content (AvgIpc) is 2.29. The molecule has 2 nitrogen and oxygen atoms in total. The monoisotopic (exact) mass is 332 g/mol. The number of hydrogen-bond acceptors (Lipinski definition) is 2. The molecule has 0 aliphatic rings. The maximum absolute atomic E-state index is 11.6. The number of aryl methyl sites for hydroxylation is 1. The van der Waals surface area contributed by atoms with Crippen molar-refractivity contribution in [1.29, 1.82) is 0 Å². The summed E-state index contributed by atoms with van der Waals surface area (Å²) in [6, 6.07) is 8.19. The van der Waals surface area contributed by atoms with E-state index in [-0.39, 0.29) is 5.97 Å². The third-order valence-electron chi connectivity index (χ3n) is 2.75. The number of alkyl halides is 1. The molecule has 0 radical (unpaired) electrons. The minimum atomic E-state index is -0.572. The molecule has 0 aliphatic heterocycles. The fourth-order valence-electron chi connectivity index (χ4n) is 1.57. The number of benzene rings is 1. The van der Waals surface area contributed by atoms with Crippen LogP contribution in [0.25, 0.3) is 0 Å². The number of esters is 1. The lowest BCUT2D eigenvalue weighted by Gasteiger charge is -2.22. The molecule has 0 N–H and O–H groups in total. The SMILES string of the molecule is COC(=O)C(C)(C)c1ccc(CCI)cc1. The van der Waals surface area contributed by atoms with E-state index in [0.717, 1.165) is 16.4 Å². The van der Waals surface area contributed by atoms with Gasteiger partial charge in [0.1, 0.15) is 0 Å². The normalized spacial score (nSPS) is 11.2. The molecule has 0 heterocycles. The van der Waals surface area contributed by atoms with Crippen LogP contribution in [0, 0.1) is 0 Å². The van der Waals surface area contributed by atoms with Gasteiger partial charge in [-0.2, -0.15) is 0 Å². The lowest BCUT2D eigenvalue weighted by Crippen LogP contribution is -2.30. The summed E-state index contributed by atoms with van der Waals surface area (Å²) in [6.07, 6.45) is 1.07. The third-order valence-corrected chi connectivity index (χ3v) is 3.29. The van der Waals surface area contributed by atoms with Crippen LogP contribution in [0.2, 0.25) is 0 Å². The maximum Gasteiger partial charge on any atom is 0.315 e. The molecule has 0 saturated heterocycles. The molecule has 3 heteroatoms. The highest BCUT2D eigenvalue weighted by Gasteiger charge is 2.30. The van der Waals surface area contributed by atoms with Crippen LogP contribution in [0.4, 0.5) is 0 Å². The van der Waals surface area contributed by atoms with Crippen molar-refractivity contribution in [3.63, 3.8) is 0 Å². The summed E-state index contributed by atoms with van der Waals surface area (Å²) in [7, 11) is 1.43. The quantitative estimate of drug-likeness (QED) is 0.481. The molecule has 0 unspecified atom stereocenters. The van der Waals surface area contributed by atoms with E-state index in [1.165, 1.54) is 12.7 Å². The highest BCUT2D eigenvalue weighted by atomic mass is 127. The Hall–Kier alpha value is -0.580. The van der Waals surface area contributed by atoms with E-state index in [0.29, 0.717) is 0 Å². The summed E-state index contributed by atoms with van der Waals surface area (Å²) in [4.78, 5) is 11.6. The summed E-state index contributed by atoms with van der Waals surface area (Å²) in [5.41, 5.74) is 1.73. The molecule has 0 saturated carbocycles. The Kier molecular flexibility index (Phi) is 4.77. The van der Waals surface area contributed by atoms with Gasteiger partial charge in [0.05, 0.1) is 12.5 Å². The van der Waals surface area contributed by atoms with Crippen LogP contribution in [0.1, 0.15) is 25.0 Å². The number of halogens is 1. The van der Waals surface area contributed by atoms with Crippen molar-refractivity contribution in [1.82, 2.24) is 0 Å². The fraction of sp³-hybridized carbons (Fsp3) is 0.462. The van der Waals surface area contributed by atoms with Crippen molar-refractivity contribution in [2.45, 2.75) is 25.7 Å².